The number of carbonyl (C=O) groups excluding carboxylic acids is 3. The van der Waals surface area contributed by atoms with Gasteiger partial charge in [0.2, 0.25) is 0 Å². The lowest BCUT2D eigenvalue weighted by molar-refractivity contribution is -0.149. The summed E-state index contributed by atoms with van der Waals surface area (Å²) < 4.78 is 16.0. The van der Waals surface area contributed by atoms with Gasteiger partial charge in [0, 0.05) is 12.1 Å². The number of benzene rings is 1. The summed E-state index contributed by atoms with van der Waals surface area (Å²) in [5.74, 6) is -0.189. The summed E-state index contributed by atoms with van der Waals surface area (Å²) in [5, 5.41) is 4.95. The number of amides is 3. The van der Waals surface area contributed by atoms with Gasteiger partial charge < -0.3 is 19.5 Å². The monoisotopic (exact) mass is 418 g/mol. The Hall–Kier alpha value is -3.03. The Labute approximate surface area is 176 Å². The number of esters is 1. The molecular formula is C22H30N2O6. The minimum atomic E-state index is -1.10. The quantitative estimate of drug-likeness (QED) is 0.472. The van der Waals surface area contributed by atoms with E-state index in [0.29, 0.717) is 23.7 Å². The molecule has 0 spiro atoms. The van der Waals surface area contributed by atoms with Gasteiger partial charge in [-0.05, 0) is 50.0 Å². The zero-order chi connectivity index (χ0) is 21.9. The zero-order valence-corrected chi connectivity index (χ0v) is 17.7. The van der Waals surface area contributed by atoms with Crippen LogP contribution in [0.2, 0.25) is 0 Å². The van der Waals surface area contributed by atoms with Gasteiger partial charge in [0.05, 0.1) is 13.7 Å². The molecule has 0 aromatic heterocycles. The molecule has 8 nitrogen and oxygen atoms in total. The summed E-state index contributed by atoms with van der Waals surface area (Å²) in [7, 11) is 1.54. The van der Waals surface area contributed by atoms with E-state index in [9.17, 15) is 14.4 Å². The van der Waals surface area contributed by atoms with Crippen molar-refractivity contribution in [2.45, 2.75) is 58.1 Å². The number of ether oxygens (including phenoxy) is 3. The van der Waals surface area contributed by atoms with Crippen molar-refractivity contribution in [1.82, 2.24) is 10.6 Å². The van der Waals surface area contributed by atoms with Crippen molar-refractivity contribution in [2.24, 2.45) is 0 Å². The fourth-order valence-corrected chi connectivity index (χ4v) is 3.06. The number of imide groups is 1. The fourth-order valence-electron chi connectivity index (χ4n) is 3.06. The minimum Gasteiger partial charge on any atom is -0.493 e. The third kappa shape index (κ3) is 7.42. The van der Waals surface area contributed by atoms with Crippen LogP contribution in [0.5, 0.6) is 11.5 Å². The van der Waals surface area contributed by atoms with Gasteiger partial charge in [-0.15, -0.1) is 0 Å². The number of rotatable bonds is 9. The van der Waals surface area contributed by atoms with Crippen LogP contribution in [0, 0.1) is 0 Å². The van der Waals surface area contributed by atoms with Crippen LogP contribution in [-0.2, 0) is 14.3 Å². The predicted octanol–water partition coefficient (Wildman–Crippen LogP) is 3.20. The Balaban J connectivity index is 1.83. The molecule has 1 aliphatic rings. The maximum atomic E-state index is 12.0. The van der Waals surface area contributed by atoms with E-state index >= 15 is 0 Å². The van der Waals surface area contributed by atoms with E-state index in [1.54, 1.807) is 31.4 Å². The average molecular weight is 418 g/mol. The molecule has 30 heavy (non-hydrogen) atoms. The Kier molecular flexibility index (Phi) is 9.18. The van der Waals surface area contributed by atoms with E-state index in [1.807, 2.05) is 6.92 Å². The maximum absolute atomic E-state index is 12.0. The maximum Gasteiger partial charge on any atom is 0.331 e. The molecule has 1 aliphatic carbocycles. The Morgan fingerprint density at radius 3 is 2.60 bits per heavy atom. The number of urea groups is 1. The van der Waals surface area contributed by atoms with E-state index in [2.05, 4.69) is 10.6 Å². The van der Waals surface area contributed by atoms with Crippen LogP contribution < -0.4 is 20.1 Å². The number of nitrogens with one attached hydrogen (secondary N) is 2. The van der Waals surface area contributed by atoms with E-state index in [-0.39, 0.29) is 6.04 Å². The van der Waals surface area contributed by atoms with Gasteiger partial charge in [0.15, 0.2) is 17.6 Å². The molecule has 2 rings (SSSR count). The Morgan fingerprint density at radius 2 is 1.93 bits per heavy atom. The van der Waals surface area contributed by atoms with Crippen molar-refractivity contribution in [1.29, 1.82) is 0 Å². The molecule has 0 heterocycles. The molecule has 0 unspecified atom stereocenters. The first kappa shape index (κ1) is 23.3. The highest BCUT2D eigenvalue weighted by atomic mass is 16.5. The number of hydrogen-bond acceptors (Lipinski definition) is 6. The van der Waals surface area contributed by atoms with Gasteiger partial charge in [-0.25, -0.2) is 9.59 Å². The van der Waals surface area contributed by atoms with Crippen LogP contribution in [0.15, 0.2) is 24.3 Å². The van der Waals surface area contributed by atoms with Crippen molar-refractivity contribution in [3.63, 3.8) is 0 Å². The van der Waals surface area contributed by atoms with Gasteiger partial charge in [-0.3, -0.25) is 10.1 Å². The molecule has 0 bridgehead atoms. The highest BCUT2D eigenvalue weighted by Gasteiger charge is 2.22. The Bertz CT molecular complexity index is 771. The lowest BCUT2D eigenvalue weighted by Crippen LogP contribution is -2.47. The van der Waals surface area contributed by atoms with Crippen LogP contribution in [0.25, 0.3) is 6.08 Å². The second-order valence-corrected chi connectivity index (χ2v) is 7.12. The lowest BCUT2D eigenvalue weighted by Gasteiger charge is -2.15. The molecule has 3 amide bonds. The molecule has 1 aromatic rings. The van der Waals surface area contributed by atoms with Crippen LogP contribution in [0.4, 0.5) is 4.79 Å². The number of methoxy groups -OCH3 is 1. The summed E-state index contributed by atoms with van der Waals surface area (Å²) in [6.45, 7) is 4.00. The van der Waals surface area contributed by atoms with Gasteiger partial charge in [-0.1, -0.05) is 25.8 Å². The molecular weight excluding hydrogens is 388 g/mol. The highest BCUT2D eigenvalue weighted by Crippen LogP contribution is 2.28. The second kappa shape index (κ2) is 11.8. The highest BCUT2D eigenvalue weighted by molar-refractivity contribution is 5.98. The van der Waals surface area contributed by atoms with Crippen molar-refractivity contribution in [3.8, 4) is 11.5 Å². The van der Waals surface area contributed by atoms with Crippen LogP contribution in [0.1, 0.15) is 51.5 Å². The van der Waals surface area contributed by atoms with Crippen LogP contribution in [-0.4, -0.2) is 43.8 Å². The van der Waals surface area contributed by atoms with Crippen LogP contribution >= 0.6 is 0 Å². The molecule has 0 aliphatic heterocycles. The summed E-state index contributed by atoms with van der Waals surface area (Å²) in [4.78, 5) is 35.9. The summed E-state index contributed by atoms with van der Waals surface area (Å²) in [6.07, 6.45) is 6.50. The standard InChI is InChI=1S/C22H30N2O6/c1-4-13-29-18-11-9-16(14-19(18)28-3)10-12-20(25)30-15(2)21(26)24-22(27)23-17-7-5-6-8-17/h9-12,14-15,17H,4-8,13H2,1-3H3,(H2,23,24,26,27)/b12-10+/t15-/m0/s1. The third-order valence-electron chi connectivity index (χ3n) is 4.65. The number of carbonyl (C=O) groups is 3. The van der Waals surface area contributed by atoms with Gasteiger partial charge in [-0.2, -0.15) is 0 Å². The third-order valence-corrected chi connectivity index (χ3v) is 4.65. The lowest BCUT2D eigenvalue weighted by atomic mass is 10.2. The van der Waals surface area contributed by atoms with E-state index in [0.717, 1.165) is 32.1 Å². The van der Waals surface area contributed by atoms with E-state index in [1.165, 1.54) is 13.0 Å². The molecule has 0 saturated heterocycles. The van der Waals surface area contributed by atoms with E-state index < -0.39 is 24.0 Å². The number of hydrogen-bond donors (Lipinski definition) is 2. The molecule has 8 heteroatoms. The summed E-state index contributed by atoms with van der Waals surface area (Å²) in [6, 6.07) is 4.80. The van der Waals surface area contributed by atoms with Gasteiger partial charge in [0.1, 0.15) is 0 Å². The molecule has 2 N–H and O–H groups in total. The van der Waals surface area contributed by atoms with Crippen molar-refractivity contribution >= 4 is 24.0 Å². The molecule has 1 aromatic carbocycles. The summed E-state index contributed by atoms with van der Waals surface area (Å²) in [5.41, 5.74) is 0.709. The molecule has 164 valence electrons. The van der Waals surface area contributed by atoms with Gasteiger partial charge in [0.25, 0.3) is 5.91 Å². The first-order valence-corrected chi connectivity index (χ1v) is 10.2. The SMILES string of the molecule is CCCOc1ccc(/C=C/C(=O)O[C@@H](C)C(=O)NC(=O)NC2CCCC2)cc1OC. The Morgan fingerprint density at radius 1 is 1.20 bits per heavy atom. The van der Waals surface area contributed by atoms with Crippen molar-refractivity contribution in [2.75, 3.05) is 13.7 Å². The van der Waals surface area contributed by atoms with Gasteiger partial charge >= 0.3 is 12.0 Å². The first-order valence-electron chi connectivity index (χ1n) is 10.2. The fraction of sp³-hybridized carbons (Fsp3) is 0.500. The topological polar surface area (TPSA) is 103 Å². The normalized spacial score (nSPS) is 14.9. The predicted molar refractivity (Wildman–Crippen MR) is 112 cm³/mol. The minimum absolute atomic E-state index is 0.0920. The van der Waals surface area contributed by atoms with Crippen molar-refractivity contribution < 1.29 is 28.6 Å². The molecule has 1 atom stereocenters. The largest absolute Gasteiger partial charge is 0.493 e. The first-order chi connectivity index (χ1) is 14.4. The average Bonchev–Trinajstić information content (AvgIpc) is 3.23. The zero-order valence-electron chi connectivity index (χ0n) is 17.7. The second-order valence-electron chi connectivity index (χ2n) is 7.12. The van der Waals surface area contributed by atoms with Crippen LogP contribution in [0.3, 0.4) is 0 Å². The molecule has 0 radical (unpaired) electrons. The molecule has 1 saturated carbocycles. The smallest absolute Gasteiger partial charge is 0.331 e. The summed E-state index contributed by atoms with van der Waals surface area (Å²) >= 11 is 0. The van der Waals surface area contributed by atoms with Crippen molar-refractivity contribution in [3.05, 3.63) is 29.8 Å². The molecule has 1 fully saturated rings. The van der Waals surface area contributed by atoms with E-state index in [4.69, 9.17) is 14.2 Å².